The topological polar surface area (TPSA) is 66.0 Å². The SMILES string of the molecule is COCC1(c2nc(-c3cn(C)nc3C(C)C)no2)CCC1. The lowest BCUT2D eigenvalue weighted by atomic mass is 9.69. The molecule has 3 rings (SSSR count). The minimum atomic E-state index is -0.0831. The third kappa shape index (κ3) is 2.37. The van der Waals surface area contributed by atoms with E-state index >= 15 is 0 Å². The molecule has 1 saturated carbocycles. The molecule has 0 N–H and O–H groups in total. The summed E-state index contributed by atoms with van der Waals surface area (Å²) in [6.07, 6.45) is 5.23. The number of nitrogens with zero attached hydrogens (tertiary/aromatic N) is 4. The van der Waals surface area contributed by atoms with Gasteiger partial charge in [-0.05, 0) is 18.8 Å². The fraction of sp³-hybridized carbons (Fsp3) is 0.667. The molecule has 1 fully saturated rings. The number of ether oxygens (including phenoxy) is 1. The Bertz CT molecular complexity index is 625. The highest BCUT2D eigenvalue weighted by atomic mass is 16.5. The number of hydrogen-bond acceptors (Lipinski definition) is 5. The molecule has 1 aliphatic carbocycles. The molecule has 21 heavy (non-hydrogen) atoms. The van der Waals surface area contributed by atoms with E-state index in [9.17, 15) is 0 Å². The van der Waals surface area contributed by atoms with Crippen LogP contribution < -0.4 is 0 Å². The summed E-state index contributed by atoms with van der Waals surface area (Å²) in [6, 6.07) is 0. The fourth-order valence-electron chi connectivity index (χ4n) is 2.95. The highest BCUT2D eigenvalue weighted by Gasteiger charge is 2.44. The van der Waals surface area contributed by atoms with Crippen LogP contribution in [0.5, 0.6) is 0 Å². The van der Waals surface area contributed by atoms with Crippen molar-refractivity contribution in [2.75, 3.05) is 13.7 Å². The first-order chi connectivity index (χ1) is 10.1. The van der Waals surface area contributed by atoms with Crippen LogP contribution in [0.3, 0.4) is 0 Å². The van der Waals surface area contributed by atoms with E-state index in [0.29, 0.717) is 24.2 Å². The van der Waals surface area contributed by atoms with Crippen molar-refractivity contribution in [2.24, 2.45) is 7.05 Å². The van der Waals surface area contributed by atoms with E-state index < -0.39 is 0 Å². The maximum atomic E-state index is 5.54. The van der Waals surface area contributed by atoms with Crippen molar-refractivity contribution in [3.05, 3.63) is 17.8 Å². The number of rotatable bonds is 5. The van der Waals surface area contributed by atoms with Crippen LogP contribution in [0.15, 0.2) is 10.7 Å². The molecule has 114 valence electrons. The van der Waals surface area contributed by atoms with Gasteiger partial charge in [0.25, 0.3) is 0 Å². The van der Waals surface area contributed by atoms with Crippen molar-refractivity contribution in [1.82, 2.24) is 19.9 Å². The first-order valence-corrected chi connectivity index (χ1v) is 7.43. The van der Waals surface area contributed by atoms with Gasteiger partial charge in [-0.2, -0.15) is 10.1 Å². The van der Waals surface area contributed by atoms with E-state index in [0.717, 1.165) is 24.1 Å². The van der Waals surface area contributed by atoms with E-state index in [1.54, 1.807) is 11.8 Å². The second-order valence-corrected chi connectivity index (χ2v) is 6.25. The van der Waals surface area contributed by atoms with E-state index in [2.05, 4.69) is 29.1 Å². The summed E-state index contributed by atoms with van der Waals surface area (Å²) in [6.45, 7) is 4.87. The average Bonchev–Trinajstić information content (AvgIpc) is 3.00. The van der Waals surface area contributed by atoms with Crippen molar-refractivity contribution in [3.63, 3.8) is 0 Å². The molecule has 0 spiro atoms. The normalized spacial score (nSPS) is 17.2. The van der Waals surface area contributed by atoms with Gasteiger partial charge in [-0.25, -0.2) is 0 Å². The zero-order valence-corrected chi connectivity index (χ0v) is 13.1. The van der Waals surface area contributed by atoms with Crippen LogP contribution in [0.1, 0.15) is 50.6 Å². The van der Waals surface area contributed by atoms with Crippen LogP contribution in [0.2, 0.25) is 0 Å². The zero-order valence-electron chi connectivity index (χ0n) is 13.1. The molecule has 0 amide bonds. The Balaban J connectivity index is 1.95. The predicted octanol–water partition coefficient (Wildman–Crippen LogP) is 2.66. The first-order valence-electron chi connectivity index (χ1n) is 7.43. The second-order valence-electron chi connectivity index (χ2n) is 6.25. The molecule has 0 aromatic carbocycles. The third-order valence-electron chi connectivity index (χ3n) is 4.26. The van der Waals surface area contributed by atoms with Gasteiger partial charge in [0.2, 0.25) is 11.7 Å². The van der Waals surface area contributed by atoms with Crippen LogP contribution in [0, 0.1) is 0 Å². The molecular weight excluding hydrogens is 268 g/mol. The maximum absolute atomic E-state index is 5.54. The third-order valence-corrected chi connectivity index (χ3v) is 4.26. The van der Waals surface area contributed by atoms with Gasteiger partial charge in [-0.3, -0.25) is 4.68 Å². The van der Waals surface area contributed by atoms with Crippen LogP contribution in [-0.2, 0) is 17.2 Å². The minimum Gasteiger partial charge on any atom is -0.384 e. The van der Waals surface area contributed by atoms with Gasteiger partial charge in [0, 0.05) is 20.4 Å². The fourth-order valence-corrected chi connectivity index (χ4v) is 2.95. The number of methoxy groups -OCH3 is 1. The smallest absolute Gasteiger partial charge is 0.235 e. The number of aryl methyl sites for hydroxylation is 1. The van der Waals surface area contributed by atoms with Gasteiger partial charge in [0.1, 0.15) is 0 Å². The second kappa shape index (κ2) is 5.26. The molecule has 1 aliphatic rings. The van der Waals surface area contributed by atoms with Gasteiger partial charge in [-0.15, -0.1) is 0 Å². The van der Waals surface area contributed by atoms with Gasteiger partial charge in [0.05, 0.1) is 23.3 Å². The van der Waals surface area contributed by atoms with Crippen molar-refractivity contribution in [1.29, 1.82) is 0 Å². The summed E-state index contributed by atoms with van der Waals surface area (Å²) < 4.78 is 12.7. The van der Waals surface area contributed by atoms with E-state index in [4.69, 9.17) is 9.26 Å². The highest BCUT2D eigenvalue weighted by molar-refractivity contribution is 5.57. The molecule has 6 nitrogen and oxygen atoms in total. The van der Waals surface area contributed by atoms with E-state index in [1.807, 2.05) is 13.2 Å². The summed E-state index contributed by atoms with van der Waals surface area (Å²) in [4.78, 5) is 4.64. The Morgan fingerprint density at radius 1 is 1.43 bits per heavy atom. The molecule has 2 aromatic rings. The van der Waals surface area contributed by atoms with Gasteiger partial charge in [0.15, 0.2) is 0 Å². The Morgan fingerprint density at radius 3 is 2.76 bits per heavy atom. The summed E-state index contributed by atoms with van der Waals surface area (Å²) in [5.74, 6) is 1.65. The van der Waals surface area contributed by atoms with Gasteiger partial charge < -0.3 is 9.26 Å². The molecule has 2 aromatic heterocycles. The molecule has 0 aliphatic heterocycles. The summed E-state index contributed by atoms with van der Waals surface area (Å²) in [5, 5.41) is 8.68. The average molecular weight is 290 g/mol. The molecule has 0 saturated heterocycles. The lowest BCUT2D eigenvalue weighted by molar-refractivity contribution is 0.0552. The number of hydrogen-bond donors (Lipinski definition) is 0. The van der Waals surface area contributed by atoms with Crippen molar-refractivity contribution >= 4 is 0 Å². The van der Waals surface area contributed by atoms with Crippen LogP contribution in [0.25, 0.3) is 11.4 Å². The van der Waals surface area contributed by atoms with Crippen molar-refractivity contribution in [2.45, 2.75) is 44.4 Å². The quantitative estimate of drug-likeness (QED) is 0.847. The van der Waals surface area contributed by atoms with Crippen molar-refractivity contribution < 1.29 is 9.26 Å². The Morgan fingerprint density at radius 2 is 2.19 bits per heavy atom. The van der Waals surface area contributed by atoms with Crippen LogP contribution in [0.4, 0.5) is 0 Å². The molecule has 6 heteroatoms. The van der Waals surface area contributed by atoms with Crippen LogP contribution >= 0.6 is 0 Å². The van der Waals surface area contributed by atoms with E-state index in [1.165, 1.54) is 6.42 Å². The first kappa shape index (κ1) is 14.3. The summed E-state index contributed by atoms with van der Waals surface area (Å²) in [5.41, 5.74) is 1.87. The molecule has 0 atom stereocenters. The number of aromatic nitrogens is 4. The Hall–Kier alpha value is -1.69. The lowest BCUT2D eigenvalue weighted by Gasteiger charge is -2.37. The lowest BCUT2D eigenvalue weighted by Crippen LogP contribution is -2.39. The Labute approximate surface area is 124 Å². The molecule has 0 unspecified atom stereocenters. The zero-order chi connectivity index (χ0) is 15.0. The van der Waals surface area contributed by atoms with Crippen LogP contribution in [-0.4, -0.2) is 33.6 Å². The molecule has 2 heterocycles. The highest BCUT2D eigenvalue weighted by Crippen LogP contribution is 2.43. The maximum Gasteiger partial charge on any atom is 0.235 e. The predicted molar refractivity (Wildman–Crippen MR) is 78.0 cm³/mol. The van der Waals surface area contributed by atoms with E-state index in [-0.39, 0.29) is 5.41 Å². The largest absolute Gasteiger partial charge is 0.384 e. The molecule has 0 bridgehead atoms. The Kier molecular flexibility index (Phi) is 3.57. The standard InChI is InChI=1S/C15H22N4O2/c1-10(2)12-11(8-19(3)17-12)13-16-14(21-18-13)15(9-20-4)6-5-7-15/h8,10H,5-7,9H2,1-4H3. The minimum absolute atomic E-state index is 0.0831. The van der Waals surface area contributed by atoms with Gasteiger partial charge in [-0.1, -0.05) is 25.4 Å². The molecule has 0 radical (unpaired) electrons. The molecular formula is C15H22N4O2. The van der Waals surface area contributed by atoms with Crippen molar-refractivity contribution in [3.8, 4) is 11.4 Å². The summed E-state index contributed by atoms with van der Waals surface area (Å²) >= 11 is 0. The monoisotopic (exact) mass is 290 g/mol. The van der Waals surface area contributed by atoms with Gasteiger partial charge >= 0.3 is 0 Å². The summed E-state index contributed by atoms with van der Waals surface area (Å²) in [7, 11) is 3.63.